The molecule has 1 aromatic carbocycles. The lowest BCUT2D eigenvalue weighted by molar-refractivity contribution is 0.0209. The molecule has 2 heterocycles. The molecule has 2 saturated carbocycles. The van der Waals surface area contributed by atoms with E-state index in [1.54, 1.807) is 12.3 Å². The van der Waals surface area contributed by atoms with Gasteiger partial charge in [-0.1, -0.05) is 49.4 Å². The van der Waals surface area contributed by atoms with E-state index in [1.165, 1.54) is 12.8 Å². The van der Waals surface area contributed by atoms with Crippen molar-refractivity contribution >= 4 is 11.6 Å². The molecule has 2 aromatic rings. The van der Waals surface area contributed by atoms with Crippen LogP contribution in [0.2, 0.25) is 5.02 Å². The molecule has 2 atom stereocenters. The Balaban J connectivity index is 1.46. The molecule has 1 aromatic heterocycles. The highest BCUT2D eigenvalue weighted by Gasteiger charge is 2.45. The minimum Gasteiger partial charge on any atom is -0.507 e. The highest BCUT2D eigenvalue weighted by Crippen LogP contribution is 2.48. The van der Waals surface area contributed by atoms with Crippen molar-refractivity contribution in [3.8, 4) is 5.75 Å². The van der Waals surface area contributed by atoms with E-state index in [9.17, 15) is 9.90 Å². The standard InChI is InChI=1S/C25H27ClO4/c26-20-8-6-17(7-9-20)13-19(12-16-2-3-16)22-14-21(27)23(24(28)30-22)25(10-1-11-29-25)15-18-4-5-18/h1,6-9,11,14,16,18-19,27H,2-5,10,12-13,15H2. The number of benzene rings is 1. The van der Waals surface area contributed by atoms with Crippen LogP contribution in [0.3, 0.4) is 0 Å². The molecule has 2 aliphatic carbocycles. The van der Waals surface area contributed by atoms with Crippen LogP contribution in [0.5, 0.6) is 5.75 Å². The van der Waals surface area contributed by atoms with Crippen molar-refractivity contribution in [3.63, 3.8) is 0 Å². The van der Waals surface area contributed by atoms with Gasteiger partial charge in [-0.15, -0.1) is 0 Å². The summed E-state index contributed by atoms with van der Waals surface area (Å²) in [5.74, 6) is 1.83. The van der Waals surface area contributed by atoms with E-state index in [-0.39, 0.29) is 17.2 Å². The Morgan fingerprint density at radius 3 is 2.47 bits per heavy atom. The maximum atomic E-state index is 13.1. The van der Waals surface area contributed by atoms with Gasteiger partial charge in [-0.3, -0.25) is 0 Å². The fourth-order valence-electron chi connectivity index (χ4n) is 4.73. The molecule has 4 nitrogen and oxygen atoms in total. The molecular weight excluding hydrogens is 400 g/mol. The molecule has 5 heteroatoms. The minimum atomic E-state index is -0.785. The van der Waals surface area contributed by atoms with Crippen molar-refractivity contribution in [1.29, 1.82) is 0 Å². The number of hydrogen-bond acceptors (Lipinski definition) is 4. The fourth-order valence-corrected chi connectivity index (χ4v) is 4.85. The lowest BCUT2D eigenvalue weighted by atomic mass is 9.85. The molecular formula is C25H27ClO4. The number of rotatable bonds is 8. The zero-order valence-corrected chi connectivity index (χ0v) is 17.7. The normalized spacial score (nSPS) is 24.0. The topological polar surface area (TPSA) is 59.7 Å². The van der Waals surface area contributed by atoms with Crippen LogP contribution in [-0.2, 0) is 16.8 Å². The monoisotopic (exact) mass is 426 g/mol. The Hall–Kier alpha value is -2.20. The second kappa shape index (κ2) is 7.81. The van der Waals surface area contributed by atoms with Crippen molar-refractivity contribution in [3.05, 3.63) is 75.0 Å². The van der Waals surface area contributed by atoms with Crippen LogP contribution in [-0.4, -0.2) is 5.11 Å². The fraction of sp³-hybridized carbons (Fsp3) is 0.480. The predicted octanol–water partition coefficient (Wildman–Crippen LogP) is 6.05. The number of aromatic hydroxyl groups is 1. The number of ether oxygens (including phenoxy) is 1. The first-order valence-corrected chi connectivity index (χ1v) is 11.3. The summed E-state index contributed by atoms with van der Waals surface area (Å²) < 4.78 is 11.8. The van der Waals surface area contributed by atoms with Crippen molar-refractivity contribution in [2.45, 2.75) is 62.9 Å². The van der Waals surface area contributed by atoms with Crippen LogP contribution >= 0.6 is 11.6 Å². The van der Waals surface area contributed by atoms with E-state index in [2.05, 4.69) is 0 Å². The summed E-state index contributed by atoms with van der Waals surface area (Å²) in [5.41, 5.74) is 0.169. The molecule has 30 heavy (non-hydrogen) atoms. The third-order valence-corrected chi connectivity index (χ3v) is 6.92. The quantitative estimate of drug-likeness (QED) is 0.557. The van der Waals surface area contributed by atoms with Gasteiger partial charge in [0.15, 0.2) is 0 Å². The van der Waals surface area contributed by atoms with Crippen LogP contribution in [0.4, 0.5) is 0 Å². The maximum Gasteiger partial charge on any atom is 0.347 e. The first kappa shape index (κ1) is 19.7. The van der Waals surface area contributed by atoms with Crippen LogP contribution < -0.4 is 5.63 Å². The summed E-state index contributed by atoms with van der Waals surface area (Å²) in [6.45, 7) is 0. The molecule has 158 valence electrons. The minimum absolute atomic E-state index is 0.00232. The lowest BCUT2D eigenvalue weighted by Crippen LogP contribution is -2.32. The molecule has 3 aliphatic rings. The second-order valence-electron chi connectivity index (χ2n) is 9.24. The summed E-state index contributed by atoms with van der Waals surface area (Å²) in [7, 11) is 0. The molecule has 2 fully saturated rings. The van der Waals surface area contributed by atoms with Gasteiger partial charge in [0.2, 0.25) is 0 Å². The highest BCUT2D eigenvalue weighted by atomic mass is 35.5. The van der Waals surface area contributed by atoms with Crippen molar-refractivity contribution in [2.75, 3.05) is 0 Å². The van der Waals surface area contributed by atoms with Crippen LogP contribution in [0, 0.1) is 11.8 Å². The van der Waals surface area contributed by atoms with Gasteiger partial charge in [0.25, 0.3) is 0 Å². The van der Waals surface area contributed by atoms with Crippen molar-refractivity contribution in [1.82, 2.24) is 0 Å². The van der Waals surface area contributed by atoms with Crippen molar-refractivity contribution in [2.24, 2.45) is 11.8 Å². The first-order chi connectivity index (χ1) is 14.5. The number of hydrogen-bond donors (Lipinski definition) is 1. The molecule has 0 amide bonds. The van der Waals surface area contributed by atoms with E-state index in [4.69, 9.17) is 20.8 Å². The third kappa shape index (κ3) is 4.15. The molecule has 2 unspecified atom stereocenters. The molecule has 0 spiro atoms. The number of halogens is 1. The van der Waals surface area contributed by atoms with Gasteiger partial charge < -0.3 is 14.3 Å². The Labute approximate surface area is 181 Å². The molecule has 0 radical (unpaired) electrons. The van der Waals surface area contributed by atoms with Gasteiger partial charge in [-0.25, -0.2) is 4.79 Å². The molecule has 0 bridgehead atoms. The summed E-state index contributed by atoms with van der Waals surface area (Å²) in [5, 5.41) is 11.7. The molecule has 1 N–H and O–H groups in total. The van der Waals surface area contributed by atoms with E-state index >= 15 is 0 Å². The van der Waals surface area contributed by atoms with E-state index in [1.807, 2.05) is 30.3 Å². The Morgan fingerprint density at radius 1 is 1.13 bits per heavy atom. The summed E-state index contributed by atoms with van der Waals surface area (Å²) in [4.78, 5) is 13.1. The summed E-state index contributed by atoms with van der Waals surface area (Å²) >= 11 is 6.02. The average Bonchev–Trinajstić information content (AvgIpc) is 3.64. The van der Waals surface area contributed by atoms with Crippen LogP contribution in [0.1, 0.15) is 67.8 Å². The van der Waals surface area contributed by atoms with Crippen molar-refractivity contribution < 1.29 is 14.3 Å². The van der Waals surface area contributed by atoms with Gasteiger partial charge in [0.1, 0.15) is 22.7 Å². The Kier molecular flexibility index (Phi) is 5.14. The smallest absolute Gasteiger partial charge is 0.347 e. The van der Waals surface area contributed by atoms with E-state index in [0.29, 0.717) is 29.0 Å². The molecule has 1 aliphatic heterocycles. The van der Waals surface area contributed by atoms with Gasteiger partial charge in [-0.05, 0) is 54.9 Å². The van der Waals surface area contributed by atoms with Gasteiger partial charge in [-0.2, -0.15) is 0 Å². The largest absolute Gasteiger partial charge is 0.507 e. The van der Waals surface area contributed by atoms with Gasteiger partial charge in [0, 0.05) is 23.4 Å². The predicted molar refractivity (Wildman–Crippen MR) is 116 cm³/mol. The van der Waals surface area contributed by atoms with E-state index < -0.39 is 11.2 Å². The lowest BCUT2D eigenvalue weighted by Gasteiger charge is -2.29. The van der Waals surface area contributed by atoms with E-state index in [0.717, 1.165) is 37.7 Å². The Morgan fingerprint density at radius 2 is 1.87 bits per heavy atom. The second-order valence-corrected chi connectivity index (χ2v) is 9.68. The highest BCUT2D eigenvalue weighted by molar-refractivity contribution is 6.30. The maximum absolute atomic E-state index is 13.1. The SMILES string of the molecule is O=c1oc(C(Cc2ccc(Cl)cc2)CC2CC2)cc(O)c1C1(CC2CC2)CC=CO1. The molecule has 0 saturated heterocycles. The Bertz CT molecular complexity index is 991. The average molecular weight is 427 g/mol. The molecule has 5 rings (SSSR count). The first-order valence-electron chi connectivity index (χ1n) is 11.0. The van der Waals surface area contributed by atoms with Crippen LogP contribution in [0.25, 0.3) is 0 Å². The summed E-state index contributed by atoms with van der Waals surface area (Å²) in [6, 6.07) is 9.45. The van der Waals surface area contributed by atoms with Crippen LogP contribution in [0.15, 0.2) is 51.9 Å². The zero-order valence-electron chi connectivity index (χ0n) is 17.0. The van der Waals surface area contributed by atoms with Gasteiger partial charge in [0.05, 0.1) is 6.26 Å². The third-order valence-electron chi connectivity index (χ3n) is 6.67. The van der Waals surface area contributed by atoms with Gasteiger partial charge >= 0.3 is 5.63 Å². The summed E-state index contributed by atoms with van der Waals surface area (Å²) in [6.07, 6.45) is 11.4. The zero-order chi connectivity index (χ0) is 20.7.